The summed E-state index contributed by atoms with van der Waals surface area (Å²) in [4.78, 5) is 9.37. The first kappa shape index (κ1) is 16.5. The van der Waals surface area contributed by atoms with Crippen LogP contribution in [0.5, 0.6) is 5.88 Å². The Morgan fingerprint density at radius 1 is 1.24 bits per heavy atom. The molecule has 0 aromatic carbocycles. The zero-order chi connectivity index (χ0) is 17.6. The van der Waals surface area contributed by atoms with Crippen LogP contribution < -0.4 is 4.74 Å². The molecule has 1 atom stereocenters. The summed E-state index contributed by atoms with van der Waals surface area (Å²) in [5, 5.41) is 8.66. The van der Waals surface area contributed by atoms with Gasteiger partial charge in [0.1, 0.15) is 6.04 Å². The lowest BCUT2D eigenvalue weighted by atomic mass is 10.1. The Labute approximate surface area is 147 Å². The van der Waals surface area contributed by atoms with E-state index in [9.17, 15) is 0 Å². The average Bonchev–Trinajstić information content (AvgIpc) is 3.26. The summed E-state index contributed by atoms with van der Waals surface area (Å²) < 4.78 is 12.9. The molecule has 4 rings (SSSR count). The van der Waals surface area contributed by atoms with Crippen molar-refractivity contribution in [2.75, 3.05) is 33.8 Å². The number of likely N-dealkylation sites (N-methyl/N-ethyl adjacent to an activating group) is 1. The average molecular weight is 346 g/mol. The molecule has 0 spiro atoms. The number of nitrogens with zero attached hydrogens (tertiary/aromatic N) is 6. The molecule has 0 amide bonds. The molecule has 1 unspecified atom stereocenters. The summed E-state index contributed by atoms with van der Waals surface area (Å²) in [6.07, 6.45) is 2.37. The molecule has 2 fully saturated rings. The summed E-state index contributed by atoms with van der Waals surface area (Å²) in [5.74, 6) is 2.97. The molecule has 1 aliphatic heterocycles. The molecule has 3 heterocycles. The number of methoxy groups -OCH3 is 1. The first-order chi connectivity index (χ1) is 12.1. The molecule has 0 bridgehead atoms. The number of aryl methyl sites for hydroxylation is 2. The van der Waals surface area contributed by atoms with Gasteiger partial charge in [-0.3, -0.25) is 9.80 Å². The molecule has 1 aliphatic carbocycles. The maximum Gasteiger partial charge on any atom is 0.245 e. The summed E-state index contributed by atoms with van der Waals surface area (Å²) in [6, 6.07) is 0.136. The van der Waals surface area contributed by atoms with Crippen LogP contribution >= 0.6 is 0 Å². The standard InChI is InChI=1S/C17H26N6O2/c1-11-13(17(24-4)22(3)19-11)9-23-8-7-21(2)14(10-23)16-18-15(20-25-16)12-5-6-12/h12,14H,5-10H2,1-4H3. The highest BCUT2D eigenvalue weighted by molar-refractivity contribution is 5.30. The summed E-state index contributed by atoms with van der Waals surface area (Å²) in [6.45, 7) is 5.67. The lowest BCUT2D eigenvalue weighted by molar-refractivity contribution is 0.0708. The van der Waals surface area contributed by atoms with Crippen molar-refractivity contribution in [3.63, 3.8) is 0 Å². The lowest BCUT2D eigenvalue weighted by Gasteiger charge is -2.37. The molecule has 2 aliphatic rings. The minimum absolute atomic E-state index is 0.136. The number of aromatic nitrogens is 4. The second kappa shape index (κ2) is 6.42. The predicted molar refractivity (Wildman–Crippen MR) is 91.4 cm³/mol. The molecule has 8 heteroatoms. The van der Waals surface area contributed by atoms with E-state index in [4.69, 9.17) is 9.26 Å². The van der Waals surface area contributed by atoms with Gasteiger partial charge in [-0.1, -0.05) is 5.16 Å². The fraction of sp³-hybridized carbons (Fsp3) is 0.706. The molecular formula is C17H26N6O2. The monoisotopic (exact) mass is 346 g/mol. The molecule has 0 radical (unpaired) electrons. The molecular weight excluding hydrogens is 320 g/mol. The van der Waals surface area contributed by atoms with Gasteiger partial charge in [-0.15, -0.1) is 0 Å². The third kappa shape index (κ3) is 3.16. The fourth-order valence-electron chi connectivity index (χ4n) is 3.57. The number of hydrogen-bond acceptors (Lipinski definition) is 7. The van der Waals surface area contributed by atoms with E-state index in [1.165, 1.54) is 12.8 Å². The van der Waals surface area contributed by atoms with Crippen LogP contribution in [-0.2, 0) is 13.6 Å². The topological polar surface area (TPSA) is 72.5 Å². The van der Waals surface area contributed by atoms with Gasteiger partial charge in [-0.2, -0.15) is 10.1 Å². The van der Waals surface area contributed by atoms with Crippen LogP contribution in [0.2, 0.25) is 0 Å². The van der Waals surface area contributed by atoms with Crippen molar-refractivity contribution in [1.82, 2.24) is 29.7 Å². The molecule has 8 nitrogen and oxygen atoms in total. The summed E-state index contributed by atoms with van der Waals surface area (Å²) >= 11 is 0. The first-order valence-corrected chi connectivity index (χ1v) is 8.89. The van der Waals surface area contributed by atoms with Crippen molar-refractivity contribution in [2.24, 2.45) is 7.05 Å². The van der Waals surface area contributed by atoms with Crippen LogP contribution in [0.1, 0.15) is 47.8 Å². The van der Waals surface area contributed by atoms with Crippen LogP contribution in [-0.4, -0.2) is 63.5 Å². The van der Waals surface area contributed by atoms with E-state index in [0.29, 0.717) is 5.92 Å². The molecule has 25 heavy (non-hydrogen) atoms. The van der Waals surface area contributed by atoms with Gasteiger partial charge in [-0.05, 0) is 26.8 Å². The van der Waals surface area contributed by atoms with Gasteiger partial charge in [0.2, 0.25) is 11.8 Å². The van der Waals surface area contributed by atoms with Crippen LogP contribution in [0.15, 0.2) is 4.52 Å². The number of piperazine rings is 1. The van der Waals surface area contributed by atoms with E-state index in [0.717, 1.165) is 55.0 Å². The lowest BCUT2D eigenvalue weighted by Crippen LogP contribution is -2.46. The fourth-order valence-corrected chi connectivity index (χ4v) is 3.57. The largest absolute Gasteiger partial charge is 0.481 e. The van der Waals surface area contributed by atoms with Gasteiger partial charge in [0.15, 0.2) is 5.82 Å². The molecule has 2 aromatic heterocycles. The van der Waals surface area contributed by atoms with Gasteiger partial charge in [0.05, 0.1) is 18.4 Å². The third-order valence-corrected chi connectivity index (χ3v) is 5.28. The van der Waals surface area contributed by atoms with E-state index in [-0.39, 0.29) is 6.04 Å². The Bertz CT molecular complexity index is 750. The van der Waals surface area contributed by atoms with E-state index < -0.39 is 0 Å². The minimum atomic E-state index is 0.136. The second-order valence-electron chi connectivity index (χ2n) is 7.19. The third-order valence-electron chi connectivity index (χ3n) is 5.28. The van der Waals surface area contributed by atoms with Crippen molar-refractivity contribution < 1.29 is 9.26 Å². The van der Waals surface area contributed by atoms with Gasteiger partial charge >= 0.3 is 0 Å². The van der Waals surface area contributed by atoms with E-state index >= 15 is 0 Å². The summed E-state index contributed by atoms with van der Waals surface area (Å²) in [7, 11) is 5.74. The number of ether oxygens (including phenoxy) is 1. The molecule has 2 aromatic rings. The minimum Gasteiger partial charge on any atom is -0.481 e. The normalized spacial score (nSPS) is 22.5. The predicted octanol–water partition coefficient (Wildman–Crippen LogP) is 1.49. The Balaban J connectivity index is 1.50. The Hall–Kier alpha value is -1.93. The van der Waals surface area contributed by atoms with Gasteiger partial charge in [0, 0.05) is 39.1 Å². The molecule has 0 N–H and O–H groups in total. The molecule has 1 saturated heterocycles. The van der Waals surface area contributed by atoms with Crippen LogP contribution in [0.25, 0.3) is 0 Å². The molecule has 1 saturated carbocycles. The zero-order valence-electron chi connectivity index (χ0n) is 15.4. The van der Waals surface area contributed by atoms with E-state index in [1.54, 1.807) is 11.8 Å². The van der Waals surface area contributed by atoms with Crippen LogP contribution in [0.4, 0.5) is 0 Å². The van der Waals surface area contributed by atoms with Crippen LogP contribution in [0.3, 0.4) is 0 Å². The Kier molecular flexibility index (Phi) is 4.24. The van der Waals surface area contributed by atoms with E-state index in [2.05, 4.69) is 32.1 Å². The Morgan fingerprint density at radius 2 is 2.04 bits per heavy atom. The van der Waals surface area contributed by atoms with Gasteiger partial charge in [0.25, 0.3) is 0 Å². The van der Waals surface area contributed by atoms with Gasteiger partial charge < -0.3 is 9.26 Å². The van der Waals surface area contributed by atoms with E-state index in [1.807, 2.05) is 14.0 Å². The highest BCUT2D eigenvalue weighted by atomic mass is 16.5. The van der Waals surface area contributed by atoms with Crippen molar-refractivity contribution in [3.8, 4) is 5.88 Å². The highest BCUT2D eigenvalue weighted by Gasteiger charge is 2.34. The number of hydrogen-bond donors (Lipinski definition) is 0. The van der Waals surface area contributed by atoms with Crippen molar-refractivity contribution in [2.45, 2.75) is 38.3 Å². The smallest absolute Gasteiger partial charge is 0.245 e. The van der Waals surface area contributed by atoms with Crippen LogP contribution in [0, 0.1) is 6.92 Å². The maximum absolute atomic E-state index is 5.58. The first-order valence-electron chi connectivity index (χ1n) is 8.89. The Morgan fingerprint density at radius 3 is 2.76 bits per heavy atom. The van der Waals surface area contributed by atoms with Gasteiger partial charge in [-0.25, -0.2) is 4.68 Å². The van der Waals surface area contributed by atoms with Crippen molar-refractivity contribution >= 4 is 0 Å². The molecule has 136 valence electrons. The van der Waals surface area contributed by atoms with Crippen molar-refractivity contribution in [3.05, 3.63) is 23.0 Å². The SMILES string of the molecule is COc1c(CN2CCN(C)C(c3nc(C4CC4)no3)C2)c(C)nn1C. The quantitative estimate of drug-likeness (QED) is 0.812. The second-order valence-corrected chi connectivity index (χ2v) is 7.19. The summed E-state index contributed by atoms with van der Waals surface area (Å²) in [5.41, 5.74) is 2.17. The highest BCUT2D eigenvalue weighted by Crippen LogP contribution is 2.39. The maximum atomic E-state index is 5.58. The number of rotatable bonds is 5. The zero-order valence-corrected chi connectivity index (χ0v) is 15.4. The van der Waals surface area contributed by atoms with Crippen molar-refractivity contribution in [1.29, 1.82) is 0 Å².